The van der Waals surface area contributed by atoms with Gasteiger partial charge in [-0.15, -0.1) is 0 Å². The fraction of sp³-hybridized carbons (Fsp3) is 0.219. The Balaban J connectivity index is 1.55. The normalized spacial score (nSPS) is 12.9. The molecule has 2 N–H and O–H groups in total. The molecule has 0 saturated carbocycles. The largest absolute Gasteiger partial charge is 0.478 e. The minimum Gasteiger partial charge on any atom is -0.478 e. The predicted molar refractivity (Wildman–Crippen MR) is 156 cm³/mol. The van der Waals surface area contributed by atoms with E-state index in [0.29, 0.717) is 17.1 Å². The van der Waals surface area contributed by atoms with Gasteiger partial charge in [-0.1, -0.05) is 66.2 Å². The van der Waals surface area contributed by atoms with Crippen molar-refractivity contribution in [3.8, 4) is 11.1 Å². The van der Waals surface area contributed by atoms with Crippen molar-refractivity contribution < 1.29 is 14.7 Å². The van der Waals surface area contributed by atoms with E-state index >= 15 is 0 Å². The number of rotatable bonds is 8. The first-order chi connectivity index (χ1) is 18.7. The number of nitrogens with zero attached hydrogens (tertiary/aromatic N) is 2. The number of aromatic carboxylic acids is 1. The minimum absolute atomic E-state index is 0.0838. The molecular formula is C32H32ClN3O3. The quantitative estimate of drug-likeness (QED) is 0.312. The van der Waals surface area contributed by atoms with Crippen LogP contribution in [0.5, 0.6) is 0 Å². The molecule has 0 radical (unpaired) electrons. The molecule has 4 rings (SSSR count). The smallest absolute Gasteiger partial charge is 0.336 e. The molecule has 0 bridgehead atoms. The summed E-state index contributed by atoms with van der Waals surface area (Å²) in [5.41, 5.74) is 6.04. The van der Waals surface area contributed by atoms with Crippen LogP contribution in [-0.4, -0.2) is 26.5 Å². The molecule has 0 aliphatic heterocycles. The third-order valence-corrected chi connectivity index (χ3v) is 7.41. The molecule has 2 aromatic carbocycles. The lowest BCUT2D eigenvalue weighted by Crippen LogP contribution is -2.31. The van der Waals surface area contributed by atoms with Gasteiger partial charge in [0.25, 0.3) is 0 Å². The average molecular weight is 542 g/mol. The van der Waals surface area contributed by atoms with Gasteiger partial charge in [0.15, 0.2) is 0 Å². The highest BCUT2D eigenvalue weighted by atomic mass is 35.5. The standard InChI is InChI=1S/C32H32ClN3O3/c1-5-30-25(14-15-31(37)35-21(3)26-16-17-34-18-29(26)33)20(2)22(4)36(30)19-23-10-12-24(13-11-23)27-8-6-7-9-28(27)32(38)39/h5-14,16-18,21H,15,19H2,1-4H3,(H,35,37)(H,38,39). The van der Waals surface area contributed by atoms with Crippen LogP contribution in [0, 0.1) is 13.8 Å². The van der Waals surface area contributed by atoms with Crippen LogP contribution in [0.1, 0.15) is 59.1 Å². The van der Waals surface area contributed by atoms with E-state index < -0.39 is 5.97 Å². The molecule has 0 aliphatic carbocycles. The van der Waals surface area contributed by atoms with E-state index in [0.717, 1.165) is 38.5 Å². The SMILES string of the molecule is CC=c1c(=CCC(=O)NC(C)c2ccncc2Cl)c(C)c(C)n1Cc1ccc(-c2ccccc2C(=O)O)cc1. The predicted octanol–water partition coefficient (Wildman–Crippen LogP) is 5.42. The van der Waals surface area contributed by atoms with Gasteiger partial charge in [-0.25, -0.2) is 4.79 Å². The molecule has 1 amide bonds. The Kier molecular flexibility index (Phi) is 8.67. The Labute approximate surface area is 233 Å². The van der Waals surface area contributed by atoms with Gasteiger partial charge in [-0.05, 0) is 72.9 Å². The molecule has 6 nitrogen and oxygen atoms in total. The van der Waals surface area contributed by atoms with Crippen LogP contribution in [0.4, 0.5) is 0 Å². The average Bonchev–Trinajstić information content (AvgIpc) is 3.16. The summed E-state index contributed by atoms with van der Waals surface area (Å²) in [5, 5.41) is 15.2. The van der Waals surface area contributed by atoms with Gasteiger partial charge in [-0.2, -0.15) is 0 Å². The summed E-state index contributed by atoms with van der Waals surface area (Å²) in [4.78, 5) is 28.4. The molecule has 1 atom stereocenters. The molecule has 4 aromatic rings. The molecule has 0 aliphatic rings. The number of pyridine rings is 1. The van der Waals surface area contributed by atoms with Gasteiger partial charge in [0.1, 0.15) is 0 Å². The van der Waals surface area contributed by atoms with Crippen molar-refractivity contribution in [1.29, 1.82) is 0 Å². The van der Waals surface area contributed by atoms with E-state index in [2.05, 4.69) is 34.8 Å². The number of hydrogen-bond donors (Lipinski definition) is 2. The summed E-state index contributed by atoms with van der Waals surface area (Å²) in [6.45, 7) is 8.73. The number of benzene rings is 2. The molecule has 200 valence electrons. The van der Waals surface area contributed by atoms with E-state index in [1.165, 1.54) is 0 Å². The summed E-state index contributed by atoms with van der Waals surface area (Å²) in [5.74, 6) is -1.02. The number of hydrogen-bond acceptors (Lipinski definition) is 3. The van der Waals surface area contributed by atoms with Crippen molar-refractivity contribution in [3.63, 3.8) is 0 Å². The number of carbonyl (C=O) groups is 2. The number of nitrogens with one attached hydrogen (secondary N) is 1. The fourth-order valence-electron chi connectivity index (χ4n) is 4.89. The van der Waals surface area contributed by atoms with Gasteiger partial charge < -0.3 is 15.0 Å². The van der Waals surface area contributed by atoms with E-state index in [1.807, 2.05) is 62.4 Å². The van der Waals surface area contributed by atoms with Crippen molar-refractivity contribution in [2.45, 2.75) is 46.7 Å². The van der Waals surface area contributed by atoms with Crippen LogP contribution in [0.3, 0.4) is 0 Å². The van der Waals surface area contributed by atoms with E-state index in [-0.39, 0.29) is 23.9 Å². The van der Waals surface area contributed by atoms with Gasteiger partial charge in [0.05, 0.1) is 16.6 Å². The van der Waals surface area contributed by atoms with Gasteiger partial charge >= 0.3 is 5.97 Å². The van der Waals surface area contributed by atoms with Gasteiger partial charge in [0, 0.05) is 36.4 Å². The molecule has 0 fully saturated rings. The lowest BCUT2D eigenvalue weighted by molar-refractivity contribution is -0.120. The third-order valence-electron chi connectivity index (χ3n) is 7.09. The number of amides is 1. The second kappa shape index (κ2) is 12.1. The zero-order valence-corrected chi connectivity index (χ0v) is 23.3. The van der Waals surface area contributed by atoms with Crippen molar-refractivity contribution in [3.05, 3.63) is 111 Å². The van der Waals surface area contributed by atoms with Crippen LogP contribution < -0.4 is 15.9 Å². The Hall–Kier alpha value is -4.16. The molecule has 2 aromatic heterocycles. The topological polar surface area (TPSA) is 84.2 Å². The van der Waals surface area contributed by atoms with Crippen molar-refractivity contribution in [2.24, 2.45) is 0 Å². The second-order valence-electron chi connectivity index (χ2n) is 9.53. The zero-order chi connectivity index (χ0) is 28.1. The second-order valence-corrected chi connectivity index (χ2v) is 9.93. The molecule has 2 heterocycles. The first kappa shape index (κ1) is 27.9. The Morgan fingerprint density at radius 3 is 2.49 bits per heavy atom. The summed E-state index contributed by atoms with van der Waals surface area (Å²) >= 11 is 6.23. The molecule has 0 spiro atoms. The highest BCUT2D eigenvalue weighted by Crippen LogP contribution is 2.24. The summed E-state index contributed by atoms with van der Waals surface area (Å²) < 4.78 is 2.25. The number of aromatic nitrogens is 2. The van der Waals surface area contributed by atoms with Crippen LogP contribution in [0.2, 0.25) is 5.02 Å². The molecule has 7 heteroatoms. The molecule has 1 unspecified atom stereocenters. The van der Waals surface area contributed by atoms with Crippen LogP contribution >= 0.6 is 11.6 Å². The van der Waals surface area contributed by atoms with Crippen molar-refractivity contribution in [2.75, 3.05) is 0 Å². The first-order valence-corrected chi connectivity index (χ1v) is 13.2. The highest BCUT2D eigenvalue weighted by Gasteiger charge is 2.14. The maximum absolute atomic E-state index is 12.8. The number of carbonyl (C=O) groups excluding carboxylic acids is 1. The van der Waals surface area contributed by atoms with Gasteiger partial charge in [0.2, 0.25) is 5.91 Å². The highest BCUT2D eigenvalue weighted by molar-refractivity contribution is 6.31. The fourth-order valence-corrected chi connectivity index (χ4v) is 5.17. The Morgan fingerprint density at radius 2 is 1.82 bits per heavy atom. The van der Waals surface area contributed by atoms with Gasteiger partial charge in [-0.3, -0.25) is 9.78 Å². The number of carboxylic acids is 1. The van der Waals surface area contributed by atoms with Crippen LogP contribution in [-0.2, 0) is 11.3 Å². The van der Waals surface area contributed by atoms with E-state index in [4.69, 9.17) is 11.6 Å². The van der Waals surface area contributed by atoms with E-state index in [1.54, 1.807) is 24.5 Å². The summed E-state index contributed by atoms with van der Waals surface area (Å²) in [6, 6.07) is 16.6. The summed E-state index contributed by atoms with van der Waals surface area (Å²) in [6.07, 6.45) is 7.54. The maximum atomic E-state index is 12.8. The molecule has 39 heavy (non-hydrogen) atoms. The third kappa shape index (κ3) is 6.13. The monoisotopic (exact) mass is 541 g/mol. The number of carboxylic acid groups (broad SMARTS) is 1. The number of halogens is 1. The van der Waals surface area contributed by atoms with Crippen molar-refractivity contribution >= 4 is 35.6 Å². The maximum Gasteiger partial charge on any atom is 0.336 e. The van der Waals surface area contributed by atoms with Crippen molar-refractivity contribution in [1.82, 2.24) is 14.9 Å². The summed E-state index contributed by atoms with van der Waals surface area (Å²) in [7, 11) is 0. The van der Waals surface area contributed by atoms with Crippen LogP contribution in [0.15, 0.2) is 67.0 Å². The first-order valence-electron chi connectivity index (χ1n) is 12.8. The zero-order valence-electron chi connectivity index (χ0n) is 22.5. The Bertz CT molecular complexity index is 1640. The minimum atomic E-state index is -0.940. The van der Waals surface area contributed by atoms with E-state index in [9.17, 15) is 14.7 Å². The molecule has 0 saturated heterocycles. The lowest BCUT2D eigenvalue weighted by Gasteiger charge is -2.14. The Morgan fingerprint density at radius 1 is 1.10 bits per heavy atom. The molecular weight excluding hydrogens is 510 g/mol. The lowest BCUT2D eigenvalue weighted by atomic mass is 9.99. The van der Waals surface area contributed by atoms with Crippen LogP contribution in [0.25, 0.3) is 23.3 Å².